The third-order valence-corrected chi connectivity index (χ3v) is 4.84. The molecule has 0 aromatic carbocycles. The van der Waals surface area contributed by atoms with Gasteiger partial charge in [-0.1, -0.05) is 13.8 Å². The van der Waals surface area contributed by atoms with E-state index in [1.54, 1.807) is 6.20 Å². The molecule has 1 N–H and O–H groups in total. The molecule has 2 rings (SSSR count). The summed E-state index contributed by atoms with van der Waals surface area (Å²) in [6.07, 6.45) is 7.62. The maximum absolute atomic E-state index is 11.0. The van der Waals surface area contributed by atoms with E-state index < -0.39 is 6.10 Å². The average molecular weight is 262 g/mol. The summed E-state index contributed by atoms with van der Waals surface area (Å²) in [6.45, 7) is 8.66. The topological polar surface area (TPSA) is 36.4 Å². The van der Waals surface area contributed by atoms with Gasteiger partial charge in [0.1, 0.15) is 0 Å². The molecule has 1 unspecified atom stereocenters. The number of aliphatic hydroxyl groups is 1. The van der Waals surface area contributed by atoms with Gasteiger partial charge in [0.15, 0.2) is 0 Å². The molecule has 1 aliphatic heterocycles. The molecule has 19 heavy (non-hydrogen) atoms. The minimum atomic E-state index is -0.450. The molecular formula is C16H26N2O. The van der Waals surface area contributed by atoms with Gasteiger partial charge in [0.05, 0.1) is 11.6 Å². The minimum Gasteiger partial charge on any atom is -0.386 e. The summed E-state index contributed by atoms with van der Waals surface area (Å²) in [5.74, 6) is 0. The molecule has 0 amide bonds. The zero-order valence-electron chi connectivity index (χ0n) is 12.4. The maximum atomic E-state index is 11.0. The zero-order chi connectivity index (χ0) is 13.9. The van der Waals surface area contributed by atoms with Crippen molar-refractivity contribution in [2.24, 2.45) is 0 Å². The van der Waals surface area contributed by atoms with E-state index in [0.717, 1.165) is 37.1 Å². The van der Waals surface area contributed by atoms with Crippen molar-refractivity contribution in [1.82, 2.24) is 9.88 Å². The lowest BCUT2D eigenvalue weighted by atomic mass is 9.80. The number of aromatic nitrogens is 1. The van der Waals surface area contributed by atoms with E-state index in [2.05, 4.69) is 30.7 Å². The number of hydrogen-bond donors (Lipinski definition) is 1. The van der Waals surface area contributed by atoms with Crippen molar-refractivity contribution in [1.29, 1.82) is 0 Å². The standard InChI is InChI=1S/C16H26N2O/c1-4-16(5-2,18-10-6-7-11-18)15(19)14-12-17-9-8-13(14)3/h8-9,12,15,19H,4-7,10-11H2,1-3H3. The molecular weight excluding hydrogens is 236 g/mol. The molecule has 3 heteroatoms. The van der Waals surface area contributed by atoms with Crippen LogP contribution in [0.3, 0.4) is 0 Å². The first-order valence-electron chi connectivity index (χ1n) is 7.49. The van der Waals surface area contributed by atoms with Crippen LogP contribution in [0.5, 0.6) is 0 Å². The summed E-state index contributed by atoms with van der Waals surface area (Å²) >= 11 is 0. The summed E-state index contributed by atoms with van der Waals surface area (Å²) in [6, 6.07) is 1.98. The van der Waals surface area contributed by atoms with Crippen molar-refractivity contribution in [2.75, 3.05) is 13.1 Å². The lowest BCUT2D eigenvalue weighted by molar-refractivity contribution is -0.0299. The van der Waals surface area contributed by atoms with Crippen LogP contribution in [0.2, 0.25) is 0 Å². The lowest BCUT2D eigenvalue weighted by Crippen LogP contribution is -2.51. The van der Waals surface area contributed by atoms with Gasteiger partial charge in [-0.2, -0.15) is 0 Å². The Bertz CT molecular complexity index is 409. The predicted octanol–water partition coefficient (Wildman–Crippen LogP) is 3.08. The number of nitrogens with zero attached hydrogens (tertiary/aromatic N) is 2. The van der Waals surface area contributed by atoms with Gasteiger partial charge in [-0.25, -0.2) is 0 Å². The second kappa shape index (κ2) is 6.02. The predicted molar refractivity (Wildman–Crippen MR) is 78.1 cm³/mol. The number of rotatable bonds is 5. The van der Waals surface area contributed by atoms with Crippen LogP contribution in [0.4, 0.5) is 0 Å². The van der Waals surface area contributed by atoms with Crippen molar-refractivity contribution in [2.45, 2.75) is 58.1 Å². The van der Waals surface area contributed by atoms with Crippen molar-refractivity contribution in [3.63, 3.8) is 0 Å². The zero-order valence-corrected chi connectivity index (χ0v) is 12.4. The fourth-order valence-electron chi connectivity index (χ4n) is 3.47. The van der Waals surface area contributed by atoms with Crippen LogP contribution in [0.25, 0.3) is 0 Å². The molecule has 1 aliphatic rings. The van der Waals surface area contributed by atoms with Gasteiger partial charge in [0.25, 0.3) is 0 Å². The Kier molecular flexibility index (Phi) is 4.58. The molecule has 106 valence electrons. The highest BCUT2D eigenvalue weighted by Gasteiger charge is 2.42. The SMILES string of the molecule is CCC(CC)(C(O)c1cnccc1C)N1CCCC1. The second-order valence-corrected chi connectivity index (χ2v) is 5.64. The van der Waals surface area contributed by atoms with Gasteiger partial charge in [-0.3, -0.25) is 9.88 Å². The average Bonchev–Trinajstić information content (AvgIpc) is 2.96. The highest BCUT2D eigenvalue weighted by atomic mass is 16.3. The Hall–Kier alpha value is -0.930. The molecule has 1 fully saturated rings. The third-order valence-electron chi connectivity index (χ3n) is 4.84. The Morgan fingerprint density at radius 3 is 2.47 bits per heavy atom. The smallest absolute Gasteiger partial charge is 0.0990 e. The fraction of sp³-hybridized carbons (Fsp3) is 0.688. The van der Waals surface area contributed by atoms with Crippen LogP contribution < -0.4 is 0 Å². The number of likely N-dealkylation sites (tertiary alicyclic amines) is 1. The Balaban J connectivity index is 2.35. The Morgan fingerprint density at radius 2 is 1.95 bits per heavy atom. The normalized spacial score (nSPS) is 18.7. The largest absolute Gasteiger partial charge is 0.386 e. The van der Waals surface area contributed by atoms with E-state index in [-0.39, 0.29) is 5.54 Å². The van der Waals surface area contributed by atoms with Crippen LogP contribution in [-0.4, -0.2) is 33.6 Å². The van der Waals surface area contributed by atoms with Gasteiger partial charge in [-0.05, 0) is 57.3 Å². The Morgan fingerprint density at radius 1 is 1.32 bits per heavy atom. The number of aryl methyl sites for hydroxylation is 1. The summed E-state index contributed by atoms with van der Waals surface area (Å²) < 4.78 is 0. The molecule has 0 radical (unpaired) electrons. The van der Waals surface area contributed by atoms with Crippen LogP contribution >= 0.6 is 0 Å². The summed E-state index contributed by atoms with van der Waals surface area (Å²) in [7, 11) is 0. The van der Waals surface area contributed by atoms with E-state index in [1.807, 2.05) is 12.3 Å². The summed E-state index contributed by atoms with van der Waals surface area (Å²) in [4.78, 5) is 6.69. The quantitative estimate of drug-likeness (QED) is 0.886. The molecule has 0 aliphatic carbocycles. The molecule has 1 aromatic heterocycles. The van der Waals surface area contributed by atoms with Crippen molar-refractivity contribution < 1.29 is 5.11 Å². The Labute approximate surface area is 116 Å². The number of hydrogen-bond acceptors (Lipinski definition) is 3. The molecule has 1 aromatic rings. The molecule has 2 heterocycles. The fourth-order valence-corrected chi connectivity index (χ4v) is 3.47. The van der Waals surface area contributed by atoms with Gasteiger partial charge in [0.2, 0.25) is 0 Å². The molecule has 1 saturated heterocycles. The van der Waals surface area contributed by atoms with Gasteiger partial charge in [-0.15, -0.1) is 0 Å². The van der Waals surface area contributed by atoms with Crippen LogP contribution in [-0.2, 0) is 0 Å². The van der Waals surface area contributed by atoms with Gasteiger partial charge >= 0.3 is 0 Å². The number of pyridine rings is 1. The first-order chi connectivity index (χ1) is 9.15. The van der Waals surface area contributed by atoms with E-state index in [4.69, 9.17) is 0 Å². The van der Waals surface area contributed by atoms with Crippen molar-refractivity contribution >= 4 is 0 Å². The van der Waals surface area contributed by atoms with Crippen LogP contribution in [0.1, 0.15) is 56.8 Å². The summed E-state index contributed by atoms with van der Waals surface area (Å²) in [5.41, 5.74) is 1.98. The lowest BCUT2D eigenvalue weighted by Gasteiger charge is -2.45. The van der Waals surface area contributed by atoms with Crippen LogP contribution in [0.15, 0.2) is 18.5 Å². The highest BCUT2D eigenvalue weighted by molar-refractivity contribution is 5.27. The van der Waals surface area contributed by atoms with E-state index in [1.165, 1.54) is 12.8 Å². The highest BCUT2D eigenvalue weighted by Crippen LogP contribution is 2.39. The third kappa shape index (κ3) is 2.54. The monoisotopic (exact) mass is 262 g/mol. The van der Waals surface area contributed by atoms with E-state index >= 15 is 0 Å². The number of aliphatic hydroxyl groups excluding tert-OH is 1. The second-order valence-electron chi connectivity index (χ2n) is 5.64. The first kappa shape index (κ1) is 14.5. The minimum absolute atomic E-state index is 0.135. The molecule has 0 spiro atoms. The van der Waals surface area contributed by atoms with E-state index in [9.17, 15) is 5.11 Å². The van der Waals surface area contributed by atoms with Crippen LogP contribution in [0, 0.1) is 6.92 Å². The van der Waals surface area contributed by atoms with Crippen molar-refractivity contribution in [3.05, 3.63) is 29.6 Å². The molecule has 0 saturated carbocycles. The summed E-state index contributed by atoms with van der Waals surface area (Å²) in [5, 5.41) is 11.0. The van der Waals surface area contributed by atoms with E-state index in [0.29, 0.717) is 0 Å². The van der Waals surface area contributed by atoms with Gasteiger partial charge < -0.3 is 5.11 Å². The molecule has 3 nitrogen and oxygen atoms in total. The van der Waals surface area contributed by atoms with Gasteiger partial charge in [0, 0.05) is 18.0 Å². The maximum Gasteiger partial charge on any atom is 0.0990 e. The van der Waals surface area contributed by atoms with Crippen molar-refractivity contribution in [3.8, 4) is 0 Å². The molecule has 0 bridgehead atoms. The first-order valence-corrected chi connectivity index (χ1v) is 7.49. The molecule has 1 atom stereocenters.